The van der Waals surface area contributed by atoms with Crippen LogP contribution in [0.3, 0.4) is 0 Å². The Kier molecular flexibility index (Phi) is 4.69. The number of aromatic amines is 1. The van der Waals surface area contributed by atoms with E-state index in [1.807, 2.05) is 11.1 Å². The topological polar surface area (TPSA) is 49.0 Å². The Balaban J connectivity index is 1.67. The minimum Gasteiger partial charge on any atom is -0.336 e. The molecule has 1 amide bonds. The maximum atomic E-state index is 13.7. The zero-order chi connectivity index (χ0) is 16.2. The maximum absolute atomic E-state index is 13.7. The number of H-pyrrole nitrogens is 1. The molecule has 1 aromatic heterocycles. The number of amides is 1. The van der Waals surface area contributed by atoms with Crippen LogP contribution in [0.4, 0.5) is 8.78 Å². The van der Waals surface area contributed by atoms with Crippen molar-refractivity contribution in [3.8, 4) is 0 Å². The predicted molar refractivity (Wildman–Crippen MR) is 81.6 cm³/mol. The summed E-state index contributed by atoms with van der Waals surface area (Å²) < 4.78 is 26.9. The fourth-order valence-corrected chi connectivity index (χ4v) is 3.14. The van der Waals surface area contributed by atoms with Gasteiger partial charge in [0.05, 0.1) is 12.2 Å². The molecule has 2 heterocycles. The van der Waals surface area contributed by atoms with Gasteiger partial charge in [-0.25, -0.2) is 8.78 Å². The SMILES string of the molecule is O=C(CCc1cc(F)ccc1F)N1CCCC[C@H]1c1cn[nH]c1. The third-order valence-corrected chi connectivity index (χ3v) is 4.34. The third kappa shape index (κ3) is 3.57. The molecule has 23 heavy (non-hydrogen) atoms. The van der Waals surface area contributed by atoms with Crippen LogP contribution in [0.5, 0.6) is 0 Å². The number of nitrogens with zero attached hydrogens (tertiary/aromatic N) is 2. The summed E-state index contributed by atoms with van der Waals surface area (Å²) in [6.45, 7) is 0.695. The number of piperidine rings is 1. The Labute approximate surface area is 133 Å². The first kappa shape index (κ1) is 15.6. The van der Waals surface area contributed by atoms with Crippen LogP contribution in [0.15, 0.2) is 30.6 Å². The molecule has 1 aromatic carbocycles. The molecule has 0 spiro atoms. The zero-order valence-electron chi connectivity index (χ0n) is 12.8. The summed E-state index contributed by atoms with van der Waals surface area (Å²) in [6.07, 6.45) is 6.86. The first-order valence-electron chi connectivity index (χ1n) is 7.87. The number of likely N-dealkylation sites (tertiary alicyclic amines) is 1. The fourth-order valence-electron chi connectivity index (χ4n) is 3.14. The number of benzene rings is 1. The van der Waals surface area contributed by atoms with Crippen molar-refractivity contribution < 1.29 is 13.6 Å². The minimum absolute atomic E-state index is 0.0207. The molecule has 1 saturated heterocycles. The van der Waals surface area contributed by atoms with Gasteiger partial charge in [-0.05, 0) is 49.4 Å². The second kappa shape index (κ2) is 6.89. The van der Waals surface area contributed by atoms with Crippen molar-refractivity contribution in [1.82, 2.24) is 15.1 Å². The maximum Gasteiger partial charge on any atom is 0.223 e. The molecule has 6 heteroatoms. The van der Waals surface area contributed by atoms with Gasteiger partial charge < -0.3 is 4.90 Å². The Morgan fingerprint density at radius 3 is 3.00 bits per heavy atom. The highest BCUT2D eigenvalue weighted by molar-refractivity contribution is 5.77. The molecule has 122 valence electrons. The molecule has 0 bridgehead atoms. The lowest BCUT2D eigenvalue weighted by atomic mass is 9.96. The van der Waals surface area contributed by atoms with Gasteiger partial charge >= 0.3 is 0 Å². The van der Waals surface area contributed by atoms with Gasteiger partial charge in [-0.1, -0.05) is 0 Å². The molecule has 0 saturated carbocycles. The first-order chi connectivity index (χ1) is 11.1. The highest BCUT2D eigenvalue weighted by Gasteiger charge is 2.28. The lowest BCUT2D eigenvalue weighted by Gasteiger charge is -2.35. The number of hydrogen-bond donors (Lipinski definition) is 1. The Morgan fingerprint density at radius 1 is 1.35 bits per heavy atom. The van der Waals surface area contributed by atoms with Gasteiger partial charge in [-0.3, -0.25) is 9.89 Å². The number of halogens is 2. The van der Waals surface area contributed by atoms with Crippen molar-refractivity contribution in [2.75, 3.05) is 6.54 Å². The van der Waals surface area contributed by atoms with E-state index in [0.29, 0.717) is 6.54 Å². The number of hydrogen-bond acceptors (Lipinski definition) is 2. The zero-order valence-corrected chi connectivity index (χ0v) is 12.8. The second-order valence-corrected chi connectivity index (χ2v) is 5.87. The standard InChI is InChI=1S/C17H19F2N3O/c18-14-5-6-15(19)12(9-14)4-7-17(23)22-8-2-1-3-16(22)13-10-20-21-11-13/h5-6,9-11,16H,1-4,7-8H2,(H,20,21)/t16-/m0/s1. The Morgan fingerprint density at radius 2 is 2.22 bits per heavy atom. The molecule has 0 aliphatic carbocycles. The van der Waals surface area contributed by atoms with Crippen LogP contribution in [0.25, 0.3) is 0 Å². The molecule has 1 N–H and O–H groups in total. The van der Waals surface area contributed by atoms with Crippen LogP contribution in [0, 0.1) is 11.6 Å². The Hall–Kier alpha value is -2.24. The summed E-state index contributed by atoms with van der Waals surface area (Å²) >= 11 is 0. The van der Waals surface area contributed by atoms with Crippen molar-refractivity contribution in [2.45, 2.75) is 38.1 Å². The lowest BCUT2D eigenvalue weighted by molar-refractivity contribution is -0.135. The van der Waals surface area contributed by atoms with Crippen LogP contribution >= 0.6 is 0 Å². The van der Waals surface area contributed by atoms with E-state index in [2.05, 4.69) is 10.2 Å². The quantitative estimate of drug-likeness (QED) is 0.939. The average molecular weight is 319 g/mol. The van der Waals surface area contributed by atoms with Crippen LogP contribution < -0.4 is 0 Å². The highest BCUT2D eigenvalue weighted by Crippen LogP contribution is 2.31. The molecule has 1 aliphatic rings. The van der Waals surface area contributed by atoms with Gasteiger partial charge in [-0.15, -0.1) is 0 Å². The summed E-state index contributed by atoms with van der Waals surface area (Å²) in [5.74, 6) is -0.980. The Bertz CT molecular complexity index is 672. The van der Waals surface area contributed by atoms with Gasteiger partial charge in [-0.2, -0.15) is 5.10 Å². The molecule has 1 atom stereocenters. The van der Waals surface area contributed by atoms with E-state index in [4.69, 9.17) is 0 Å². The number of nitrogens with one attached hydrogen (secondary N) is 1. The van der Waals surface area contributed by atoms with Crippen LogP contribution in [-0.2, 0) is 11.2 Å². The molecule has 2 aromatic rings. The van der Waals surface area contributed by atoms with E-state index >= 15 is 0 Å². The molecule has 4 nitrogen and oxygen atoms in total. The first-order valence-corrected chi connectivity index (χ1v) is 7.87. The molecule has 3 rings (SSSR count). The average Bonchev–Trinajstić information content (AvgIpc) is 3.10. The van der Waals surface area contributed by atoms with Crippen LogP contribution in [0.2, 0.25) is 0 Å². The van der Waals surface area contributed by atoms with Crippen LogP contribution in [0.1, 0.15) is 42.9 Å². The normalized spacial score (nSPS) is 18.2. The van der Waals surface area contributed by atoms with E-state index in [9.17, 15) is 13.6 Å². The number of aromatic nitrogens is 2. The number of carbonyl (C=O) groups is 1. The van der Waals surface area contributed by atoms with Gasteiger partial charge in [0, 0.05) is 24.7 Å². The van der Waals surface area contributed by atoms with Gasteiger partial charge in [0.1, 0.15) is 11.6 Å². The van der Waals surface area contributed by atoms with Crippen molar-refractivity contribution in [1.29, 1.82) is 0 Å². The van der Waals surface area contributed by atoms with E-state index in [1.54, 1.807) is 6.20 Å². The van der Waals surface area contributed by atoms with E-state index < -0.39 is 11.6 Å². The number of carbonyl (C=O) groups excluding carboxylic acids is 1. The summed E-state index contributed by atoms with van der Waals surface area (Å²) in [5, 5.41) is 6.73. The number of aryl methyl sites for hydroxylation is 1. The minimum atomic E-state index is -0.483. The van der Waals surface area contributed by atoms with Crippen LogP contribution in [-0.4, -0.2) is 27.5 Å². The smallest absolute Gasteiger partial charge is 0.223 e. The largest absolute Gasteiger partial charge is 0.336 e. The van der Waals surface area contributed by atoms with Gasteiger partial charge in [0.15, 0.2) is 0 Å². The highest BCUT2D eigenvalue weighted by atomic mass is 19.1. The predicted octanol–water partition coefficient (Wildman–Crippen LogP) is 3.37. The third-order valence-electron chi connectivity index (χ3n) is 4.34. The fraction of sp³-hybridized carbons (Fsp3) is 0.412. The molecular formula is C17H19F2N3O. The van der Waals surface area contributed by atoms with Gasteiger partial charge in [0.2, 0.25) is 5.91 Å². The summed E-state index contributed by atoms with van der Waals surface area (Å²) in [7, 11) is 0. The summed E-state index contributed by atoms with van der Waals surface area (Å²) in [6, 6.07) is 3.36. The molecule has 1 fully saturated rings. The summed E-state index contributed by atoms with van der Waals surface area (Å²) in [4.78, 5) is 14.4. The van der Waals surface area contributed by atoms with Crippen molar-refractivity contribution in [3.05, 3.63) is 53.4 Å². The van der Waals surface area contributed by atoms with Crippen molar-refractivity contribution in [2.24, 2.45) is 0 Å². The summed E-state index contributed by atoms with van der Waals surface area (Å²) in [5.41, 5.74) is 1.24. The van der Waals surface area contributed by atoms with E-state index in [1.165, 1.54) is 0 Å². The lowest BCUT2D eigenvalue weighted by Crippen LogP contribution is -2.38. The van der Waals surface area contributed by atoms with E-state index in [0.717, 1.165) is 43.0 Å². The molecular weight excluding hydrogens is 300 g/mol. The van der Waals surface area contributed by atoms with Crippen molar-refractivity contribution >= 4 is 5.91 Å². The molecule has 1 aliphatic heterocycles. The van der Waals surface area contributed by atoms with Crippen molar-refractivity contribution in [3.63, 3.8) is 0 Å². The number of rotatable bonds is 4. The van der Waals surface area contributed by atoms with E-state index in [-0.39, 0.29) is 30.4 Å². The van der Waals surface area contributed by atoms with Gasteiger partial charge in [0.25, 0.3) is 0 Å². The second-order valence-electron chi connectivity index (χ2n) is 5.87. The molecule has 0 unspecified atom stereocenters. The molecule has 0 radical (unpaired) electrons. The monoisotopic (exact) mass is 319 g/mol.